The molecule has 0 radical (unpaired) electrons. The largest absolute Gasteiger partial charge is 0.461 e. The lowest BCUT2D eigenvalue weighted by molar-refractivity contribution is -0.153. The molecule has 2 N–H and O–H groups in total. The van der Waals surface area contributed by atoms with Crippen LogP contribution in [0.5, 0.6) is 0 Å². The number of carbonyl (C=O) groups is 1. The Hall–Kier alpha value is -0.610. The van der Waals surface area contributed by atoms with E-state index in [9.17, 15) is 4.79 Å². The molecule has 4 nitrogen and oxygen atoms in total. The second-order valence-corrected chi connectivity index (χ2v) is 2.26. The molecule has 0 aromatic heterocycles. The average molecular weight is 132 g/mol. The van der Waals surface area contributed by atoms with Crippen LogP contribution in [-0.4, -0.2) is 34.5 Å². The third kappa shape index (κ3) is 0.799. The van der Waals surface area contributed by atoms with Crippen molar-refractivity contribution in [2.45, 2.75) is 18.6 Å². The van der Waals surface area contributed by atoms with Crippen LogP contribution in [0.4, 0.5) is 0 Å². The number of ether oxygens (including phenoxy) is 1. The smallest absolute Gasteiger partial charge is 0.340 e. The Balaban J connectivity index is 2.78. The Labute approximate surface area is 52.1 Å². The van der Waals surface area contributed by atoms with E-state index >= 15 is 0 Å². The summed E-state index contributed by atoms with van der Waals surface area (Å²) in [7, 11) is 0. The molecular weight excluding hydrogens is 124 g/mol. The van der Waals surface area contributed by atoms with Crippen LogP contribution in [0.3, 0.4) is 0 Å². The summed E-state index contributed by atoms with van der Waals surface area (Å²) in [5.74, 6) is -0.755. The lowest BCUT2D eigenvalue weighted by Gasteiger charge is -2.13. The highest BCUT2D eigenvalue weighted by Gasteiger charge is 2.46. The van der Waals surface area contributed by atoms with E-state index in [2.05, 4.69) is 4.74 Å². The van der Waals surface area contributed by atoms with Gasteiger partial charge in [0.1, 0.15) is 12.7 Å². The maximum Gasteiger partial charge on any atom is 0.340 e. The SMILES string of the molecule is C[C@]1(O)C(=O)OC[C@@H]1O. The molecule has 0 aromatic carbocycles. The topological polar surface area (TPSA) is 66.8 Å². The Morgan fingerprint density at radius 3 is 2.56 bits per heavy atom. The number of hydrogen-bond donors (Lipinski definition) is 2. The highest BCUT2D eigenvalue weighted by Crippen LogP contribution is 2.18. The third-order valence-electron chi connectivity index (χ3n) is 1.43. The van der Waals surface area contributed by atoms with Crippen molar-refractivity contribution in [2.24, 2.45) is 0 Å². The lowest BCUT2D eigenvalue weighted by Crippen LogP contribution is -2.40. The maximum absolute atomic E-state index is 10.5. The van der Waals surface area contributed by atoms with Crippen molar-refractivity contribution in [3.8, 4) is 0 Å². The molecule has 1 fully saturated rings. The summed E-state index contributed by atoms with van der Waals surface area (Å²) in [6.07, 6.45) is -1.08. The number of aliphatic hydroxyl groups excluding tert-OH is 1. The first kappa shape index (κ1) is 6.51. The normalized spacial score (nSPS) is 43.0. The lowest BCUT2D eigenvalue weighted by atomic mass is 10.0. The van der Waals surface area contributed by atoms with Crippen molar-refractivity contribution in [1.82, 2.24) is 0 Å². The first-order valence-electron chi connectivity index (χ1n) is 2.63. The molecule has 1 rings (SSSR count). The molecule has 2 atom stereocenters. The van der Waals surface area contributed by atoms with Crippen LogP contribution in [0.25, 0.3) is 0 Å². The van der Waals surface area contributed by atoms with Crippen LogP contribution in [0.15, 0.2) is 0 Å². The van der Waals surface area contributed by atoms with Gasteiger partial charge in [0, 0.05) is 0 Å². The summed E-state index contributed by atoms with van der Waals surface area (Å²) < 4.78 is 4.34. The van der Waals surface area contributed by atoms with Gasteiger partial charge in [0.05, 0.1) is 0 Å². The fourth-order valence-corrected chi connectivity index (χ4v) is 0.599. The summed E-state index contributed by atoms with van der Waals surface area (Å²) in [6.45, 7) is 1.12. The summed E-state index contributed by atoms with van der Waals surface area (Å²) >= 11 is 0. The van der Waals surface area contributed by atoms with Gasteiger partial charge >= 0.3 is 5.97 Å². The summed E-state index contributed by atoms with van der Waals surface area (Å²) in [5, 5.41) is 17.8. The Bertz CT molecular complexity index is 140. The van der Waals surface area contributed by atoms with Crippen LogP contribution < -0.4 is 0 Å². The van der Waals surface area contributed by atoms with E-state index in [0.29, 0.717) is 0 Å². The van der Waals surface area contributed by atoms with Crippen LogP contribution >= 0.6 is 0 Å². The van der Waals surface area contributed by atoms with Gasteiger partial charge in [-0.25, -0.2) is 4.79 Å². The maximum atomic E-state index is 10.5. The van der Waals surface area contributed by atoms with E-state index in [4.69, 9.17) is 10.2 Å². The van der Waals surface area contributed by atoms with Crippen molar-refractivity contribution < 1.29 is 19.7 Å². The van der Waals surface area contributed by atoms with Gasteiger partial charge < -0.3 is 14.9 Å². The van der Waals surface area contributed by atoms with E-state index in [1.807, 2.05) is 0 Å². The summed E-state index contributed by atoms with van der Waals surface area (Å²) in [4.78, 5) is 10.5. The monoisotopic (exact) mass is 132 g/mol. The second kappa shape index (κ2) is 1.68. The Morgan fingerprint density at radius 2 is 2.44 bits per heavy atom. The molecule has 52 valence electrons. The van der Waals surface area contributed by atoms with Gasteiger partial charge in [-0.3, -0.25) is 0 Å². The molecule has 0 aromatic rings. The minimum absolute atomic E-state index is 0.105. The number of aliphatic hydroxyl groups is 2. The highest BCUT2D eigenvalue weighted by molar-refractivity contribution is 5.81. The summed E-state index contributed by atoms with van der Waals surface area (Å²) in [5.41, 5.74) is -1.69. The number of hydrogen-bond acceptors (Lipinski definition) is 4. The molecule has 1 saturated heterocycles. The highest BCUT2D eigenvalue weighted by atomic mass is 16.6. The van der Waals surface area contributed by atoms with Crippen LogP contribution in [0.2, 0.25) is 0 Å². The Morgan fingerprint density at radius 1 is 1.89 bits per heavy atom. The third-order valence-corrected chi connectivity index (χ3v) is 1.43. The molecule has 0 unspecified atom stereocenters. The van der Waals surface area contributed by atoms with Crippen LogP contribution in [0.1, 0.15) is 6.92 Å². The molecule has 9 heavy (non-hydrogen) atoms. The first-order chi connectivity index (χ1) is 4.05. The molecule has 4 heteroatoms. The summed E-state index contributed by atoms with van der Waals surface area (Å²) in [6, 6.07) is 0. The first-order valence-corrected chi connectivity index (χ1v) is 2.63. The average Bonchev–Trinajstić information content (AvgIpc) is 1.96. The number of cyclic esters (lactones) is 1. The van der Waals surface area contributed by atoms with Crippen molar-refractivity contribution in [1.29, 1.82) is 0 Å². The van der Waals surface area contributed by atoms with E-state index in [-0.39, 0.29) is 6.61 Å². The van der Waals surface area contributed by atoms with Crippen LogP contribution in [-0.2, 0) is 9.53 Å². The molecule has 0 spiro atoms. The van der Waals surface area contributed by atoms with Gasteiger partial charge in [-0.05, 0) is 6.92 Å². The fourth-order valence-electron chi connectivity index (χ4n) is 0.599. The minimum Gasteiger partial charge on any atom is -0.461 e. The number of rotatable bonds is 0. The van der Waals surface area contributed by atoms with Crippen molar-refractivity contribution in [3.05, 3.63) is 0 Å². The molecule has 0 bridgehead atoms. The molecular formula is C5H8O4. The molecule has 1 aliphatic rings. The van der Waals surface area contributed by atoms with Crippen molar-refractivity contribution in [3.63, 3.8) is 0 Å². The second-order valence-electron chi connectivity index (χ2n) is 2.26. The minimum atomic E-state index is -1.69. The van der Waals surface area contributed by atoms with E-state index < -0.39 is 17.7 Å². The van der Waals surface area contributed by atoms with Gasteiger partial charge in [0.2, 0.25) is 0 Å². The van der Waals surface area contributed by atoms with Gasteiger partial charge in [0.25, 0.3) is 0 Å². The van der Waals surface area contributed by atoms with Gasteiger partial charge in [-0.2, -0.15) is 0 Å². The molecule has 1 heterocycles. The predicted octanol–water partition coefficient (Wildman–Crippen LogP) is -1.34. The standard InChI is InChI=1S/C5H8O4/c1-5(8)3(6)2-9-4(5)7/h3,6,8H,2H2,1H3/t3-,5+/m0/s1. The predicted molar refractivity (Wildman–Crippen MR) is 27.6 cm³/mol. The number of esters is 1. The van der Waals surface area contributed by atoms with Crippen molar-refractivity contribution >= 4 is 5.97 Å². The van der Waals surface area contributed by atoms with Gasteiger partial charge in [0.15, 0.2) is 5.60 Å². The Kier molecular flexibility index (Phi) is 1.22. The number of carbonyl (C=O) groups excluding carboxylic acids is 1. The molecule has 0 aliphatic carbocycles. The van der Waals surface area contributed by atoms with Gasteiger partial charge in [-0.15, -0.1) is 0 Å². The van der Waals surface area contributed by atoms with E-state index in [1.54, 1.807) is 0 Å². The quantitative estimate of drug-likeness (QED) is 0.400. The fraction of sp³-hybridized carbons (Fsp3) is 0.800. The molecule has 0 saturated carbocycles. The van der Waals surface area contributed by atoms with Crippen LogP contribution in [0, 0.1) is 0 Å². The van der Waals surface area contributed by atoms with E-state index in [1.165, 1.54) is 6.92 Å². The zero-order valence-electron chi connectivity index (χ0n) is 5.00. The zero-order chi connectivity index (χ0) is 7.07. The zero-order valence-corrected chi connectivity index (χ0v) is 5.00. The van der Waals surface area contributed by atoms with Crippen molar-refractivity contribution in [2.75, 3.05) is 6.61 Å². The molecule has 0 amide bonds. The molecule has 1 aliphatic heterocycles. The van der Waals surface area contributed by atoms with E-state index in [0.717, 1.165) is 0 Å². The van der Waals surface area contributed by atoms with Gasteiger partial charge in [-0.1, -0.05) is 0 Å².